The summed E-state index contributed by atoms with van der Waals surface area (Å²) in [5.41, 5.74) is -0.251. The first-order valence-electron chi connectivity index (χ1n) is 6.06. The number of nitro benzene ring substituents is 1. The van der Waals surface area contributed by atoms with E-state index in [2.05, 4.69) is 5.32 Å². The SMILES string of the molecule is CC(=O)Nc1c([N+](=O)[O-])cc(OC(C)=O)c2ccccc12. The van der Waals surface area contributed by atoms with Crippen LogP contribution in [0.1, 0.15) is 13.8 Å². The third kappa shape index (κ3) is 2.97. The number of ether oxygens (including phenoxy) is 1. The number of carbonyl (C=O) groups excluding carboxylic acids is 2. The fourth-order valence-electron chi connectivity index (χ4n) is 2.02. The second kappa shape index (κ2) is 5.58. The van der Waals surface area contributed by atoms with E-state index in [-0.39, 0.29) is 17.1 Å². The summed E-state index contributed by atoms with van der Waals surface area (Å²) in [5.74, 6) is -0.927. The van der Waals surface area contributed by atoms with Gasteiger partial charge in [-0.3, -0.25) is 19.7 Å². The highest BCUT2D eigenvalue weighted by Gasteiger charge is 2.22. The van der Waals surface area contributed by atoms with Crippen LogP contribution in [-0.2, 0) is 9.59 Å². The number of nitro groups is 1. The Bertz CT molecular complexity index is 754. The number of fused-ring (bicyclic) bond motifs is 1. The molecule has 0 unspecified atom stereocenters. The van der Waals surface area contributed by atoms with Crippen molar-refractivity contribution in [1.29, 1.82) is 0 Å². The topological polar surface area (TPSA) is 98.5 Å². The molecule has 108 valence electrons. The van der Waals surface area contributed by atoms with E-state index in [0.29, 0.717) is 10.8 Å². The molecular formula is C14H12N2O5. The Morgan fingerprint density at radius 3 is 2.33 bits per heavy atom. The molecule has 0 atom stereocenters. The summed E-state index contributed by atoms with van der Waals surface area (Å²) in [6.07, 6.45) is 0. The van der Waals surface area contributed by atoms with Crippen LogP contribution >= 0.6 is 0 Å². The van der Waals surface area contributed by atoms with E-state index in [1.165, 1.54) is 13.8 Å². The molecule has 0 aliphatic heterocycles. The molecule has 2 aromatic carbocycles. The van der Waals surface area contributed by atoms with Crippen molar-refractivity contribution in [3.8, 4) is 5.75 Å². The Hall–Kier alpha value is -2.96. The number of hydrogen-bond acceptors (Lipinski definition) is 5. The van der Waals surface area contributed by atoms with Gasteiger partial charge in [0.1, 0.15) is 11.4 Å². The van der Waals surface area contributed by atoms with Gasteiger partial charge in [-0.05, 0) is 0 Å². The molecule has 0 heterocycles. The monoisotopic (exact) mass is 288 g/mol. The maximum absolute atomic E-state index is 11.3. The van der Waals surface area contributed by atoms with Crippen molar-refractivity contribution in [2.24, 2.45) is 0 Å². The zero-order valence-corrected chi connectivity index (χ0v) is 11.4. The van der Waals surface area contributed by atoms with Gasteiger partial charge >= 0.3 is 5.97 Å². The van der Waals surface area contributed by atoms with Gasteiger partial charge in [-0.2, -0.15) is 0 Å². The number of nitrogens with zero attached hydrogens (tertiary/aromatic N) is 1. The lowest BCUT2D eigenvalue weighted by Gasteiger charge is -2.11. The van der Waals surface area contributed by atoms with E-state index in [4.69, 9.17) is 4.74 Å². The first-order chi connectivity index (χ1) is 9.90. The van der Waals surface area contributed by atoms with Crippen molar-refractivity contribution in [3.05, 3.63) is 40.4 Å². The predicted octanol–water partition coefficient (Wildman–Crippen LogP) is 2.63. The lowest BCUT2D eigenvalue weighted by atomic mass is 10.1. The standard InChI is InChI=1S/C14H12N2O5/c1-8(17)15-14-11-6-4-3-5-10(11)13(21-9(2)18)7-12(14)16(19)20/h3-7H,1-2H3,(H,15,17). The molecule has 2 aromatic rings. The lowest BCUT2D eigenvalue weighted by molar-refractivity contribution is -0.383. The van der Waals surface area contributed by atoms with Crippen molar-refractivity contribution in [1.82, 2.24) is 0 Å². The number of nitrogens with one attached hydrogen (secondary N) is 1. The summed E-state index contributed by atoms with van der Waals surface area (Å²) in [4.78, 5) is 33.0. The number of esters is 1. The highest BCUT2D eigenvalue weighted by Crippen LogP contribution is 2.39. The maximum atomic E-state index is 11.3. The van der Waals surface area contributed by atoms with Crippen molar-refractivity contribution >= 4 is 34.0 Å². The molecule has 0 saturated heterocycles. The molecule has 0 aromatic heterocycles. The summed E-state index contributed by atoms with van der Waals surface area (Å²) in [6.45, 7) is 2.47. The third-order valence-corrected chi connectivity index (χ3v) is 2.74. The van der Waals surface area contributed by atoms with Gasteiger partial charge < -0.3 is 10.1 Å². The smallest absolute Gasteiger partial charge is 0.308 e. The number of benzene rings is 2. The molecule has 7 heteroatoms. The number of hydrogen-bond donors (Lipinski definition) is 1. The summed E-state index contributed by atoms with van der Waals surface area (Å²) in [5, 5.41) is 14.6. The zero-order valence-electron chi connectivity index (χ0n) is 11.4. The second-order valence-electron chi connectivity index (χ2n) is 4.35. The summed E-state index contributed by atoms with van der Waals surface area (Å²) >= 11 is 0. The second-order valence-corrected chi connectivity index (χ2v) is 4.35. The van der Waals surface area contributed by atoms with Crippen LogP contribution < -0.4 is 10.1 Å². The van der Waals surface area contributed by atoms with Gasteiger partial charge in [0.05, 0.1) is 11.0 Å². The van der Waals surface area contributed by atoms with Crippen LogP contribution in [0.25, 0.3) is 10.8 Å². The predicted molar refractivity (Wildman–Crippen MR) is 76.2 cm³/mol. The minimum absolute atomic E-state index is 0.0823. The van der Waals surface area contributed by atoms with Crippen molar-refractivity contribution < 1.29 is 19.2 Å². The first kappa shape index (κ1) is 14.4. The average molecular weight is 288 g/mol. The Morgan fingerprint density at radius 2 is 1.81 bits per heavy atom. The highest BCUT2D eigenvalue weighted by molar-refractivity contribution is 6.08. The van der Waals surface area contributed by atoms with Gasteiger partial charge in [-0.25, -0.2) is 0 Å². The Balaban J connectivity index is 2.80. The molecule has 0 radical (unpaired) electrons. The lowest BCUT2D eigenvalue weighted by Crippen LogP contribution is -2.10. The summed E-state index contributed by atoms with van der Waals surface area (Å²) in [6, 6.07) is 7.78. The van der Waals surface area contributed by atoms with Crippen molar-refractivity contribution in [3.63, 3.8) is 0 Å². The first-order valence-corrected chi connectivity index (χ1v) is 6.06. The van der Waals surface area contributed by atoms with Gasteiger partial charge in [0.25, 0.3) is 5.69 Å². The van der Waals surface area contributed by atoms with Gasteiger partial charge in [0.2, 0.25) is 5.91 Å². The van der Waals surface area contributed by atoms with Gasteiger partial charge in [0.15, 0.2) is 0 Å². The molecular weight excluding hydrogens is 276 g/mol. The normalized spacial score (nSPS) is 10.2. The minimum atomic E-state index is -0.634. The molecule has 0 bridgehead atoms. The van der Waals surface area contributed by atoms with E-state index in [1.807, 2.05) is 0 Å². The number of anilines is 1. The Morgan fingerprint density at radius 1 is 1.19 bits per heavy atom. The molecule has 0 spiro atoms. The average Bonchev–Trinajstić information content (AvgIpc) is 2.40. The van der Waals surface area contributed by atoms with E-state index >= 15 is 0 Å². The van der Waals surface area contributed by atoms with E-state index in [9.17, 15) is 19.7 Å². The molecule has 21 heavy (non-hydrogen) atoms. The number of rotatable bonds is 3. The van der Waals surface area contributed by atoms with Crippen LogP contribution in [0.15, 0.2) is 30.3 Å². The Kier molecular flexibility index (Phi) is 3.84. The minimum Gasteiger partial charge on any atom is -0.426 e. The van der Waals surface area contributed by atoms with Crippen LogP contribution in [0, 0.1) is 10.1 Å². The molecule has 0 aliphatic rings. The summed E-state index contributed by atoms with van der Waals surface area (Å²) in [7, 11) is 0. The third-order valence-electron chi connectivity index (χ3n) is 2.74. The van der Waals surface area contributed by atoms with E-state index in [1.54, 1.807) is 24.3 Å². The molecule has 1 N–H and O–H groups in total. The summed E-state index contributed by atoms with van der Waals surface area (Å²) < 4.78 is 5.02. The van der Waals surface area contributed by atoms with Gasteiger partial charge in [0, 0.05) is 24.6 Å². The van der Waals surface area contributed by atoms with Gasteiger partial charge in [-0.15, -0.1) is 0 Å². The van der Waals surface area contributed by atoms with Crippen LogP contribution in [0.4, 0.5) is 11.4 Å². The number of amides is 1. The van der Waals surface area contributed by atoms with Crippen LogP contribution in [0.2, 0.25) is 0 Å². The fraction of sp³-hybridized carbons (Fsp3) is 0.143. The van der Waals surface area contributed by atoms with Crippen molar-refractivity contribution in [2.45, 2.75) is 13.8 Å². The molecule has 0 fully saturated rings. The fourth-order valence-corrected chi connectivity index (χ4v) is 2.02. The van der Waals surface area contributed by atoms with Crippen molar-refractivity contribution in [2.75, 3.05) is 5.32 Å². The number of carbonyl (C=O) groups is 2. The van der Waals surface area contributed by atoms with E-state index in [0.717, 1.165) is 6.07 Å². The highest BCUT2D eigenvalue weighted by atomic mass is 16.6. The molecule has 0 saturated carbocycles. The largest absolute Gasteiger partial charge is 0.426 e. The molecule has 1 amide bonds. The maximum Gasteiger partial charge on any atom is 0.308 e. The zero-order chi connectivity index (χ0) is 15.6. The molecule has 0 aliphatic carbocycles. The van der Waals surface area contributed by atoms with E-state index < -0.39 is 16.8 Å². The van der Waals surface area contributed by atoms with Crippen LogP contribution in [0.3, 0.4) is 0 Å². The van der Waals surface area contributed by atoms with Crippen LogP contribution in [-0.4, -0.2) is 16.8 Å². The molecule has 2 rings (SSSR count). The quantitative estimate of drug-likeness (QED) is 0.405. The Labute approximate surface area is 119 Å². The molecule has 7 nitrogen and oxygen atoms in total. The van der Waals surface area contributed by atoms with Crippen LogP contribution in [0.5, 0.6) is 5.75 Å². The van der Waals surface area contributed by atoms with Gasteiger partial charge in [-0.1, -0.05) is 24.3 Å².